The number of hydrogen-bond donors (Lipinski definition) is 1. The van der Waals surface area contributed by atoms with Gasteiger partial charge in [0.2, 0.25) is 17.2 Å². The number of carbonyl (C=O) groups excluding carboxylic acids is 3. The molecule has 0 saturated heterocycles. The molecule has 0 amide bonds. The number of esters is 2. The maximum absolute atomic E-state index is 13.6. The average molecular weight is 726 g/mol. The lowest BCUT2D eigenvalue weighted by molar-refractivity contribution is -0.450. The van der Waals surface area contributed by atoms with Crippen molar-refractivity contribution in [2.75, 3.05) is 18.0 Å². The number of rotatable bonds is 12. The second kappa shape index (κ2) is 16.3. The molecule has 3 aromatic rings. The predicted molar refractivity (Wildman–Crippen MR) is 216 cm³/mol. The van der Waals surface area contributed by atoms with Crippen LogP contribution in [0.5, 0.6) is 0 Å². The molecule has 0 aromatic heterocycles. The zero-order valence-electron chi connectivity index (χ0n) is 32.4. The molecule has 0 spiro atoms. The van der Waals surface area contributed by atoms with E-state index < -0.39 is 24.1 Å². The van der Waals surface area contributed by atoms with Crippen LogP contribution in [-0.4, -0.2) is 58.4 Å². The fourth-order valence-corrected chi connectivity index (χ4v) is 6.61. The van der Waals surface area contributed by atoms with Crippen molar-refractivity contribution in [2.45, 2.75) is 67.6 Å². The third-order valence-electron chi connectivity index (χ3n) is 9.34. The van der Waals surface area contributed by atoms with E-state index in [9.17, 15) is 19.5 Å². The van der Waals surface area contributed by atoms with Crippen LogP contribution in [0.4, 0.5) is 17.1 Å². The third-order valence-corrected chi connectivity index (χ3v) is 9.34. The molecule has 2 unspecified atom stereocenters. The van der Waals surface area contributed by atoms with Gasteiger partial charge in [-0.1, -0.05) is 54.6 Å². The Bertz CT molecular complexity index is 2190. The molecular formula is C46H49N2O6+. The minimum atomic E-state index is -0.444. The smallest absolute Gasteiger partial charge is 0.333 e. The number of nitrogens with zero attached hydrogens (tertiary/aromatic N) is 2. The molecule has 278 valence electrons. The molecule has 5 rings (SSSR count). The highest BCUT2D eigenvalue weighted by atomic mass is 16.5. The van der Waals surface area contributed by atoms with E-state index in [0.717, 1.165) is 45.0 Å². The second-order valence-corrected chi connectivity index (χ2v) is 14.3. The van der Waals surface area contributed by atoms with Crippen LogP contribution in [0.2, 0.25) is 0 Å². The Hall–Kier alpha value is -6.02. The Morgan fingerprint density at radius 2 is 1.31 bits per heavy atom. The largest absolute Gasteiger partial charge is 0.506 e. The highest BCUT2D eigenvalue weighted by Gasteiger charge is 2.37. The number of hydrogen-bond acceptors (Lipinski definition) is 7. The minimum Gasteiger partial charge on any atom is -0.506 e. The Labute approximate surface area is 318 Å². The highest BCUT2D eigenvalue weighted by Crippen LogP contribution is 2.40. The summed E-state index contributed by atoms with van der Waals surface area (Å²) in [5.41, 5.74) is 10.4. The summed E-state index contributed by atoms with van der Waals surface area (Å²) in [6.07, 6.45) is 6.58. The first kappa shape index (κ1) is 39.2. The number of ether oxygens (including phenoxy) is 2. The van der Waals surface area contributed by atoms with Crippen LogP contribution in [0.1, 0.15) is 55.5 Å². The monoisotopic (exact) mass is 725 g/mol. The fourth-order valence-electron chi connectivity index (χ4n) is 6.61. The standard InChI is InChI=1S/C46H48N2O6/c1-27(2)45(51)53-33(9)25-47(39-21-11-29(5)23-31(39)7)37-17-13-35(14-18-37)41-43(49)42(44(41)50)36-15-19-38(20-16-36)48(26-34(10)54-46(52)28(3)4)40-22-12-30(6)24-32(40)8/h11-24,33-34H,1,3,25-26H2,2,4-10H3/p+1. The van der Waals surface area contributed by atoms with Crippen molar-refractivity contribution in [2.24, 2.45) is 0 Å². The van der Waals surface area contributed by atoms with Gasteiger partial charge in [-0.05, 0) is 109 Å². The van der Waals surface area contributed by atoms with Crippen LogP contribution >= 0.6 is 0 Å². The fraction of sp³-hybridized carbons (Fsp3) is 0.261. The Kier molecular flexibility index (Phi) is 11.9. The van der Waals surface area contributed by atoms with Gasteiger partial charge in [-0.25, -0.2) is 9.59 Å². The van der Waals surface area contributed by atoms with Crippen molar-refractivity contribution in [1.82, 2.24) is 0 Å². The van der Waals surface area contributed by atoms with E-state index in [1.54, 1.807) is 13.8 Å². The van der Waals surface area contributed by atoms with Crippen LogP contribution in [0, 0.1) is 27.7 Å². The molecule has 2 aliphatic carbocycles. The summed E-state index contributed by atoms with van der Waals surface area (Å²) >= 11 is 0. The minimum absolute atomic E-state index is 0.0568. The van der Waals surface area contributed by atoms with Gasteiger partial charge in [0.15, 0.2) is 12.6 Å². The highest BCUT2D eigenvalue weighted by molar-refractivity contribution is 6.39. The summed E-state index contributed by atoms with van der Waals surface area (Å²) in [5.74, 6) is -1.19. The molecule has 0 radical (unpaired) electrons. The molecule has 0 heterocycles. The molecule has 0 aliphatic heterocycles. The summed E-state index contributed by atoms with van der Waals surface area (Å²) in [4.78, 5) is 40.2. The zero-order chi connectivity index (χ0) is 39.4. The molecule has 3 aromatic carbocycles. The molecule has 0 bridgehead atoms. The Balaban J connectivity index is 1.43. The lowest BCUT2D eigenvalue weighted by atomic mass is 9.80. The quantitative estimate of drug-likeness (QED) is 0.113. The van der Waals surface area contributed by atoms with Crippen molar-refractivity contribution in [3.63, 3.8) is 0 Å². The van der Waals surface area contributed by atoms with Crippen molar-refractivity contribution < 1.29 is 33.5 Å². The normalized spacial score (nSPS) is 14.7. The topological polar surface area (TPSA) is 96.1 Å². The number of aliphatic hydroxyl groups is 1. The predicted octanol–water partition coefficient (Wildman–Crippen LogP) is 9.13. The van der Waals surface area contributed by atoms with Crippen molar-refractivity contribution in [1.29, 1.82) is 0 Å². The molecule has 0 saturated carbocycles. The summed E-state index contributed by atoms with van der Waals surface area (Å²) in [6.45, 7) is 23.3. The summed E-state index contributed by atoms with van der Waals surface area (Å²) in [5, 5.41) is 11.3. The first-order valence-electron chi connectivity index (χ1n) is 18.0. The number of benzene rings is 3. The lowest BCUT2D eigenvalue weighted by Crippen LogP contribution is -2.31. The molecule has 2 atom stereocenters. The number of aliphatic hydroxyl groups excluding tert-OH is 1. The first-order chi connectivity index (χ1) is 25.5. The number of allylic oxidation sites excluding steroid dienone is 7. The van der Waals surface area contributed by atoms with E-state index in [4.69, 9.17) is 9.47 Å². The number of carbonyl (C=O) groups is 3. The Morgan fingerprint density at radius 3 is 1.85 bits per heavy atom. The number of ketones is 1. The average Bonchev–Trinajstić information content (AvgIpc) is 3.11. The van der Waals surface area contributed by atoms with Gasteiger partial charge in [0.05, 0.1) is 17.7 Å². The van der Waals surface area contributed by atoms with Gasteiger partial charge in [0.25, 0.3) is 0 Å². The third kappa shape index (κ3) is 8.60. The second-order valence-electron chi connectivity index (χ2n) is 14.3. The van der Waals surface area contributed by atoms with Crippen LogP contribution in [0.3, 0.4) is 0 Å². The lowest BCUT2D eigenvalue weighted by Gasteiger charge is -2.30. The van der Waals surface area contributed by atoms with E-state index >= 15 is 0 Å². The maximum atomic E-state index is 13.6. The van der Waals surface area contributed by atoms with Gasteiger partial charge >= 0.3 is 11.9 Å². The summed E-state index contributed by atoms with van der Waals surface area (Å²) < 4.78 is 13.3. The molecular weight excluding hydrogens is 677 g/mol. The van der Waals surface area contributed by atoms with Crippen LogP contribution < -0.4 is 4.90 Å². The maximum Gasteiger partial charge on any atom is 0.333 e. The molecule has 54 heavy (non-hydrogen) atoms. The van der Waals surface area contributed by atoms with E-state index in [2.05, 4.69) is 34.8 Å². The van der Waals surface area contributed by atoms with Gasteiger partial charge in [0, 0.05) is 46.3 Å². The van der Waals surface area contributed by atoms with E-state index in [0.29, 0.717) is 35.4 Å². The van der Waals surface area contributed by atoms with Gasteiger partial charge in [-0.15, -0.1) is 0 Å². The molecule has 8 heteroatoms. The molecule has 0 fully saturated rings. The van der Waals surface area contributed by atoms with E-state index in [1.165, 1.54) is 0 Å². The Morgan fingerprint density at radius 1 is 0.759 bits per heavy atom. The van der Waals surface area contributed by atoms with Crippen LogP contribution in [0.25, 0.3) is 5.57 Å². The summed E-state index contributed by atoms with van der Waals surface area (Å²) in [6, 6.07) is 19.8. The van der Waals surface area contributed by atoms with Gasteiger partial charge < -0.3 is 19.5 Å². The van der Waals surface area contributed by atoms with Crippen molar-refractivity contribution >= 4 is 46.1 Å². The van der Waals surface area contributed by atoms with Crippen molar-refractivity contribution in [3.05, 3.63) is 154 Å². The number of Topliss-reactive ketones (excluding diaryl/α,β-unsaturated/α-hetero) is 1. The van der Waals surface area contributed by atoms with Crippen LogP contribution in [-0.2, 0) is 23.9 Å². The van der Waals surface area contributed by atoms with Crippen molar-refractivity contribution in [3.8, 4) is 0 Å². The van der Waals surface area contributed by atoms with Crippen LogP contribution in [0.15, 0.2) is 126 Å². The summed E-state index contributed by atoms with van der Waals surface area (Å²) in [7, 11) is 0. The molecule has 8 nitrogen and oxygen atoms in total. The molecule has 1 N–H and O–H groups in total. The first-order valence-corrected chi connectivity index (χ1v) is 18.0. The van der Waals surface area contributed by atoms with Gasteiger partial charge in [0.1, 0.15) is 11.9 Å². The molecule has 2 aliphatic rings. The number of aryl methyl sites for hydroxylation is 4. The number of anilines is 2. The SMILES string of the molecule is C=C(C)C(=O)OC(C)CN(c1ccc(C2=C(O)C(=C3C=CC(=[N+](CC(C)OC(=O)C(=C)C)c4ccc(C)cc4C)C=C3)C2=O)cc1)c1ccc(C)cc1C. The van der Waals surface area contributed by atoms with Gasteiger partial charge in [-0.3, -0.25) is 4.79 Å². The zero-order valence-corrected chi connectivity index (χ0v) is 32.4. The van der Waals surface area contributed by atoms with E-state index in [-0.39, 0.29) is 22.7 Å². The van der Waals surface area contributed by atoms with Gasteiger partial charge in [-0.2, -0.15) is 4.58 Å². The van der Waals surface area contributed by atoms with E-state index in [1.807, 2.05) is 114 Å².